The normalized spacial score (nSPS) is 18.0. The van der Waals surface area contributed by atoms with Crippen LogP contribution in [0.25, 0.3) is 0 Å². The Hall–Kier alpha value is 0.662. The minimum absolute atomic E-state index is 0. The zero-order valence-electron chi connectivity index (χ0n) is 2.37. The third-order valence-corrected chi connectivity index (χ3v) is 0.289. The van der Waals surface area contributed by atoms with Crippen LogP contribution in [0, 0.1) is 6.42 Å². The minimum atomic E-state index is 0. The van der Waals surface area contributed by atoms with Crippen LogP contribution in [-0.2, 0) is 20.4 Å². The van der Waals surface area contributed by atoms with Gasteiger partial charge in [0.25, 0.3) is 0 Å². The van der Waals surface area contributed by atoms with E-state index in [9.17, 15) is 0 Å². The Balaban J connectivity index is 0.0000000900. The molecular weight excluding hydrogens is 222 g/mol. The Labute approximate surface area is 40.2 Å². The summed E-state index contributed by atoms with van der Waals surface area (Å²) in [4.78, 5) is 0. The Morgan fingerprint density at radius 2 is 1.50 bits per heavy atom. The molecule has 1 fully saturated rings. The minimum Gasteiger partial charge on any atom is -0.333 e. The number of hydrogen-bond acceptors (Lipinski definition) is 0. The van der Waals surface area contributed by atoms with E-state index in [4.69, 9.17) is 0 Å². The molecule has 0 spiro atoms. The number of hydrogen-bond donors (Lipinski definition) is 0. The smallest absolute Gasteiger partial charge is 0 e. The first-order valence-electron chi connectivity index (χ1n) is 1.32. The van der Waals surface area contributed by atoms with Crippen LogP contribution in [0.1, 0.15) is 12.8 Å². The molecule has 0 nitrogen and oxygen atoms in total. The SMILES string of the molecule is [CH-]1CC1.[Re]. The topological polar surface area (TPSA) is 0 Å². The van der Waals surface area contributed by atoms with Gasteiger partial charge < -0.3 is 6.42 Å². The fourth-order valence-corrected chi connectivity index (χ4v) is 0. The van der Waals surface area contributed by atoms with Crippen molar-refractivity contribution in [1.29, 1.82) is 0 Å². The summed E-state index contributed by atoms with van der Waals surface area (Å²) >= 11 is 0. The van der Waals surface area contributed by atoms with Gasteiger partial charge in [0.15, 0.2) is 0 Å². The van der Waals surface area contributed by atoms with E-state index >= 15 is 0 Å². The van der Waals surface area contributed by atoms with Crippen LogP contribution in [0.2, 0.25) is 0 Å². The molecular formula is C3H5Re-. The van der Waals surface area contributed by atoms with E-state index in [1.165, 1.54) is 12.8 Å². The first kappa shape index (κ1) is 4.66. The predicted octanol–water partition coefficient (Wildman–Crippen LogP) is 0.982. The van der Waals surface area contributed by atoms with E-state index in [1.54, 1.807) is 0 Å². The van der Waals surface area contributed by atoms with Crippen molar-refractivity contribution in [3.63, 3.8) is 0 Å². The molecule has 0 aromatic heterocycles. The van der Waals surface area contributed by atoms with E-state index in [-0.39, 0.29) is 20.4 Å². The largest absolute Gasteiger partial charge is 0.333 e. The molecule has 4 heavy (non-hydrogen) atoms. The average Bonchev–Trinajstić information content (AvgIpc) is 1.46. The molecule has 0 N–H and O–H groups in total. The van der Waals surface area contributed by atoms with Crippen molar-refractivity contribution in [2.45, 2.75) is 12.8 Å². The predicted molar refractivity (Wildman–Crippen MR) is 13.5 cm³/mol. The van der Waals surface area contributed by atoms with Crippen LogP contribution >= 0.6 is 0 Å². The molecule has 1 radical (unpaired) electrons. The van der Waals surface area contributed by atoms with Crippen molar-refractivity contribution in [2.75, 3.05) is 0 Å². The van der Waals surface area contributed by atoms with Gasteiger partial charge in [0, 0.05) is 20.4 Å². The molecule has 1 aliphatic carbocycles. The third kappa shape index (κ3) is 2.66. The van der Waals surface area contributed by atoms with Crippen molar-refractivity contribution < 1.29 is 20.4 Å². The van der Waals surface area contributed by atoms with Gasteiger partial charge in [0.2, 0.25) is 0 Å². The van der Waals surface area contributed by atoms with E-state index in [0.29, 0.717) is 0 Å². The van der Waals surface area contributed by atoms with Crippen molar-refractivity contribution >= 4 is 0 Å². The fourth-order valence-electron chi connectivity index (χ4n) is 0. The monoisotopic (exact) mass is 228 g/mol. The zero-order valence-corrected chi connectivity index (χ0v) is 5.09. The van der Waals surface area contributed by atoms with Gasteiger partial charge in [0.05, 0.1) is 0 Å². The molecule has 1 saturated carbocycles. The average molecular weight is 227 g/mol. The second-order valence-corrected chi connectivity index (χ2v) is 0.866. The van der Waals surface area contributed by atoms with Crippen LogP contribution in [-0.4, -0.2) is 0 Å². The molecule has 0 aromatic carbocycles. The molecule has 0 amide bonds. The molecule has 0 saturated heterocycles. The van der Waals surface area contributed by atoms with Crippen molar-refractivity contribution in [1.82, 2.24) is 0 Å². The van der Waals surface area contributed by atoms with Gasteiger partial charge in [-0.3, -0.25) is 0 Å². The summed E-state index contributed by atoms with van der Waals surface area (Å²) in [6, 6.07) is 0. The third-order valence-electron chi connectivity index (χ3n) is 0.289. The summed E-state index contributed by atoms with van der Waals surface area (Å²) in [6.45, 7) is 0. The second-order valence-electron chi connectivity index (χ2n) is 0.866. The molecule has 0 atom stereocenters. The molecule has 25 valence electrons. The van der Waals surface area contributed by atoms with Crippen molar-refractivity contribution in [3.05, 3.63) is 6.42 Å². The first-order chi connectivity index (χ1) is 1.50. The summed E-state index contributed by atoms with van der Waals surface area (Å²) in [6.07, 6.45) is 5.00. The second kappa shape index (κ2) is 1.94. The molecule has 1 aliphatic rings. The van der Waals surface area contributed by atoms with Gasteiger partial charge in [-0.15, -0.1) is 0 Å². The van der Waals surface area contributed by atoms with Crippen molar-refractivity contribution in [2.24, 2.45) is 0 Å². The van der Waals surface area contributed by atoms with Crippen molar-refractivity contribution in [3.8, 4) is 0 Å². The first-order valence-corrected chi connectivity index (χ1v) is 1.32. The Morgan fingerprint density at radius 1 is 1.25 bits per heavy atom. The fraction of sp³-hybridized carbons (Fsp3) is 0.667. The zero-order chi connectivity index (χ0) is 2.12. The van der Waals surface area contributed by atoms with Gasteiger partial charge in [-0.25, -0.2) is 12.8 Å². The molecule has 0 unspecified atom stereocenters. The molecule has 1 heteroatoms. The summed E-state index contributed by atoms with van der Waals surface area (Å²) in [7, 11) is 0. The summed E-state index contributed by atoms with van der Waals surface area (Å²) in [5.41, 5.74) is 0. The quantitative estimate of drug-likeness (QED) is 0.541. The van der Waals surface area contributed by atoms with Crippen LogP contribution in [0.15, 0.2) is 0 Å². The molecule has 0 bridgehead atoms. The maximum Gasteiger partial charge on any atom is 0 e. The Kier molecular flexibility index (Phi) is 2.26. The van der Waals surface area contributed by atoms with E-state index < -0.39 is 0 Å². The van der Waals surface area contributed by atoms with Gasteiger partial charge in [-0.2, -0.15) is 0 Å². The molecule has 0 aliphatic heterocycles. The van der Waals surface area contributed by atoms with Crippen LogP contribution in [0.4, 0.5) is 0 Å². The Morgan fingerprint density at radius 3 is 1.50 bits per heavy atom. The Bertz CT molecular complexity index is 8.00. The molecule has 1 rings (SSSR count). The maximum atomic E-state index is 2.25. The summed E-state index contributed by atoms with van der Waals surface area (Å²) in [5.74, 6) is 0. The van der Waals surface area contributed by atoms with E-state index in [0.717, 1.165) is 0 Å². The summed E-state index contributed by atoms with van der Waals surface area (Å²) < 4.78 is 0. The van der Waals surface area contributed by atoms with E-state index in [1.807, 2.05) is 0 Å². The molecule has 0 heterocycles. The van der Waals surface area contributed by atoms with Gasteiger partial charge in [-0.05, 0) is 0 Å². The standard InChI is InChI=1S/C3H5.Re/c1-2-3-1;/h1H,2-3H2;/q-1;. The van der Waals surface area contributed by atoms with Crippen LogP contribution in [0.5, 0.6) is 0 Å². The molecule has 0 aromatic rings. The van der Waals surface area contributed by atoms with Gasteiger partial charge in [0.1, 0.15) is 0 Å². The van der Waals surface area contributed by atoms with Gasteiger partial charge in [-0.1, -0.05) is 0 Å². The van der Waals surface area contributed by atoms with Crippen LogP contribution in [0.3, 0.4) is 0 Å². The number of rotatable bonds is 0. The van der Waals surface area contributed by atoms with Crippen LogP contribution < -0.4 is 0 Å². The van der Waals surface area contributed by atoms with E-state index in [2.05, 4.69) is 6.42 Å². The summed E-state index contributed by atoms with van der Waals surface area (Å²) in [5, 5.41) is 0. The van der Waals surface area contributed by atoms with Gasteiger partial charge >= 0.3 is 0 Å². The maximum absolute atomic E-state index is 2.25.